The fraction of sp³-hybridized carbons (Fsp3) is 0.360. The molecule has 0 saturated carbocycles. The largest absolute Gasteiger partial charge is 0.507 e. The number of aliphatic carboxylic acids is 1. The van der Waals surface area contributed by atoms with Gasteiger partial charge in [0.05, 0.1) is 12.1 Å². The van der Waals surface area contributed by atoms with E-state index < -0.39 is 23.8 Å². The number of aromatic hydroxyl groups is 1. The molecule has 2 aromatic rings. The van der Waals surface area contributed by atoms with E-state index in [0.717, 1.165) is 36.6 Å². The van der Waals surface area contributed by atoms with Crippen LogP contribution in [0, 0.1) is 13.8 Å². The van der Waals surface area contributed by atoms with E-state index in [1.807, 2.05) is 13.0 Å². The lowest BCUT2D eigenvalue weighted by atomic mass is 10.0. The summed E-state index contributed by atoms with van der Waals surface area (Å²) in [5.41, 5.74) is 1.95. The third kappa shape index (κ3) is 7.11. The van der Waals surface area contributed by atoms with E-state index in [0.29, 0.717) is 24.5 Å². The number of carbonyl (C=O) groups excluding carboxylic acids is 2. The number of phenolic OH excluding ortho intramolecular Hbond substituents is 1. The van der Waals surface area contributed by atoms with Crippen LogP contribution in [0.5, 0.6) is 11.5 Å². The Hall–Kier alpha value is -4.28. The molecule has 192 valence electrons. The van der Waals surface area contributed by atoms with Crippen molar-refractivity contribution in [2.75, 3.05) is 32.8 Å². The minimum atomic E-state index is -1.36. The number of ether oxygens (including phenoxy) is 1. The molecule has 0 radical (unpaired) electrons. The van der Waals surface area contributed by atoms with Crippen LogP contribution in [-0.2, 0) is 4.79 Å². The molecule has 0 spiro atoms. The third-order valence-corrected chi connectivity index (χ3v) is 5.69. The van der Waals surface area contributed by atoms with E-state index in [1.165, 1.54) is 18.2 Å². The van der Waals surface area contributed by atoms with Gasteiger partial charge in [-0.2, -0.15) is 0 Å². The zero-order valence-corrected chi connectivity index (χ0v) is 20.3. The van der Waals surface area contributed by atoms with Crippen LogP contribution < -0.4 is 26.0 Å². The molecule has 1 aliphatic heterocycles. The van der Waals surface area contributed by atoms with Gasteiger partial charge in [-0.15, -0.1) is 0 Å². The first-order chi connectivity index (χ1) is 17.3. The summed E-state index contributed by atoms with van der Waals surface area (Å²) in [6.45, 7) is 5.72. The number of phenols is 1. The zero-order chi connectivity index (χ0) is 26.1. The lowest BCUT2D eigenvalue weighted by Crippen LogP contribution is -2.48. The second-order valence-electron chi connectivity index (χ2n) is 8.29. The smallest absolute Gasteiger partial charge is 0.328 e. The number of carboxylic acids is 1. The number of carboxylic acid groups (broad SMARTS) is 1. The predicted molar refractivity (Wildman–Crippen MR) is 134 cm³/mol. The normalized spacial score (nSPS) is 13.6. The highest BCUT2D eigenvalue weighted by Gasteiger charge is 2.23. The van der Waals surface area contributed by atoms with Crippen molar-refractivity contribution >= 4 is 23.7 Å². The number of amides is 2. The van der Waals surface area contributed by atoms with Crippen molar-refractivity contribution < 1.29 is 29.3 Å². The molecule has 0 bridgehead atoms. The van der Waals surface area contributed by atoms with Gasteiger partial charge in [-0.05, 0) is 49.6 Å². The van der Waals surface area contributed by atoms with Crippen molar-refractivity contribution in [3.63, 3.8) is 0 Å². The highest BCUT2D eigenvalue weighted by molar-refractivity contribution is 5.99. The molecule has 11 heteroatoms. The maximum absolute atomic E-state index is 12.6. The number of hydrogen-bond donors (Lipinski definition) is 6. The quantitative estimate of drug-likeness (QED) is 0.264. The summed E-state index contributed by atoms with van der Waals surface area (Å²) in [5.74, 6) is -1.76. The average molecular weight is 498 g/mol. The number of nitrogens with zero attached hydrogens (tertiary/aromatic N) is 1. The standard InChI is InChI=1S/C25H31N5O6/c1-15-5-3-6-18(16(15)2)23(33)30-20(24(34)35)14-29-22(32)19-8-7-17(13-21(19)31)36-12-11-28-25-26-9-4-10-27-25/h3,5-8,13,20,31H,4,9-12,14H2,1-2H3,(H,29,32)(H,30,33)(H,34,35)(H2,26,27,28)/t20-/m0/s1. The minimum Gasteiger partial charge on any atom is -0.507 e. The van der Waals surface area contributed by atoms with Gasteiger partial charge in [0, 0.05) is 31.3 Å². The molecule has 0 unspecified atom stereocenters. The minimum absolute atomic E-state index is 0.0498. The summed E-state index contributed by atoms with van der Waals surface area (Å²) in [6, 6.07) is 8.03. The van der Waals surface area contributed by atoms with Crippen molar-refractivity contribution in [1.82, 2.24) is 21.3 Å². The number of benzene rings is 2. The number of aliphatic imine (C=N–C) groups is 1. The lowest BCUT2D eigenvalue weighted by Gasteiger charge is -2.17. The first-order valence-corrected chi connectivity index (χ1v) is 11.6. The molecule has 0 saturated heterocycles. The highest BCUT2D eigenvalue weighted by atomic mass is 16.5. The fourth-order valence-electron chi connectivity index (χ4n) is 3.51. The van der Waals surface area contributed by atoms with Crippen molar-refractivity contribution in [2.24, 2.45) is 4.99 Å². The van der Waals surface area contributed by atoms with Gasteiger partial charge >= 0.3 is 5.97 Å². The average Bonchev–Trinajstić information content (AvgIpc) is 2.86. The Morgan fingerprint density at radius 1 is 1.14 bits per heavy atom. The molecular weight excluding hydrogens is 466 g/mol. The molecule has 2 amide bonds. The number of rotatable bonds is 10. The number of nitrogens with one attached hydrogen (secondary N) is 4. The van der Waals surface area contributed by atoms with Crippen LogP contribution >= 0.6 is 0 Å². The van der Waals surface area contributed by atoms with Crippen molar-refractivity contribution in [3.8, 4) is 11.5 Å². The van der Waals surface area contributed by atoms with Crippen LogP contribution in [0.1, 0.15) is 38.3 Å². The summed E-state index contributed by atoms with van der Waals surface area (Å²) in [5, 5.41) is 30.9. The van der Waals surface area contributed by atoms with E-state index in [2.05, 4.69) is 26.3 Å². The molecular formula is C25H31N5O6. The molecule has 1 atom stereocenters. The molecule has 0 aliphatic carbocycles. The van der Waals surface area contributed by atoms with E-state index in [9.17, 15) is 24.6 Å². The van der Waals surface area contributed by atoms with Gasteiger partial charge in [-0.25, -0.2) is 4.79 Å². The van der Waals surface area contributed by atoms with Crippen LogP contribution in [0.4, 0.5) is 0 Å². The van der Waals surface area contributed by atoms with E-state index in [1.54, 1.807) is 19.1 Å². The maximum Gasteiger partial charge on any atom is 0.328 e. The molecule has 0 aromatic heterocycles. The Labute approximate surface area is 209 Å². The van der Waals surface area contributed by atoms with Crippen LogP contribution in [-0.4, -0.2) is 72.8 Å². The van der Waals surface area contributed by atoms with Gasteiger partial charge in [0.1, 0.15) is 24.1 Å². The van der Waals surface area contributed by atoms with Crippen LogP contribution in [0.25, 0.3) is 0 Å². The third-order valence-electron chi connectivity index (χ3n) is 5.69. The van der Waals surface area contributed by atoms with Crippen molar-refractivity contribution in [2.45, 2.75) is 26.3 Å². The SMILES string of the molecule is Cc1cccc(C(=O)N[C@@H](CNC(=O)c2ccc(OCCNC3=NCCCN3)cc2O)C(=O)O)c1C. The maximum atomic E-state index is 12.6. The number of aryl methyl sites for hydroxylation is 1. The Balaban J connectivity index is 1.52. The topological polar surface area (TPSA) is 161 Å². The van der Waals surface area contributed by atoms with Gasteiger partial charge in [-0.1, -0.05) is 12.1 Å². The van der Waals surface area contributed by atoms with Gasteiger partial charge in [0.15, 0.2) is 5.96 Å². The molecule has 6 N–H and O–H groups in total. The Kier molecular flexibility index (Phi) is 9.09. The molecule has 11 nitrogen and oxygen atoms in total. The van der Waals surface area contributed by atoms with Gasteiger partial charge in [0.25, 0.3) is 11.8 Å². The van der Waals surface area contributed by atoms with E-state index in [4.69, 9.17) is 4.74 Å². The summed E-state index contributed by atoms with van der Waals surface area (Å²) in [4.78, 5) is 41.1. The number of guanidine groups is 1. The zero-order valence-electron chi connectivity index (χ0n) is 20.3. The summed E-state index contributed by atoms with van der Waals surface area (Å²) in [6.07, 6.45) is 1.000. The van der Waals surface area contributed by atoms with Crippen molar-refractivity contribution in [3.05, 3.63) is 58.7 Å². The molecule has 1 aliphatic rings. The summed E-state index contributed by atoms with van der Waals surface area (Å²) < 4.78 is 5.58. The Morgan fingerprint density at radius 2 is 1.94 bits per heavy atom. The van der Waals surface area contributed by atoms with Gasteiger partial charge in [-0.3, -0.25) is 14.6 Å². The van der Waals surface area contributed by atoms with Crippen LogP contribution in [0.3, 0.4) is 0 Å². The number of hydrogen-bond acceptors (Lipinski definition) is 8. The fourth-order valence-corrected chi connectivity index (χ4v) is 3.51. The van der Waals surface area contributed by atoms with E-state index in [-0.39, 0.29) is 17.9 Å². The van der Waals surface area contributed by atoms with Gasteiger partial charge < -0.3 is 36.2 Å². The molecule has 36 heavy (non-hydrogen) atoms. The Morgan fingerprint density at radius 3 is 2.64 bits per heavy atom. The first-order valence-electron chi connectivity index (χ1n) is 11.6. The second-order valence-corrected chi connectivity index (χ2v) is 8.29. The highest BCUT2D eigenvalue weighted by Crippen LogP contribution is 2.23. The second kappa shape index (κ2) is 12.4. The van der Waals surface area contributed by atoms with E-state index >= 15 is 0 Å². The van der Waals surface area contributed by atoms with Crippen LogP contribution in [0.15, 0.2) is 41.4 Å². The first kappa shape index (κ1) is 26.3. The lowest BCUT2D eigenvalue weighted by molar-refractivity contribution is -0.139. The molecule has 0 fully saturated rings. The van der Waals surface area contributed by atoms with Gasteiger partial charge in [0.2, 0.25) is 0 Å². The molecule has 1 heterocycles. The summed E-state index contributed by atoms with van der Waals surface area (Å²) in [7, 11) is 0. The number of carbonyl (C=O) groups is 3. The van der Waals surface area contributed by atoms with Crippen molar-refractivity contribution in [1.29, 1.82) is 0 Å². The predicted octanol–water partition coefficient (Wildman–Crippen LogP) is 0.940. The molecule has 2 aromatic carbocycles. The Bertz CT molecular complexity index is 1150. The monoisotopic (exact) mass is 497 g/mol. The summed E-state index contributed by atoms with van der Waals surface area (Å²) >= 11 is 0. The molecule has 3 rings (SSSR count). The van der Waals surface area contributed by atoms with Crippen LogP contribution in [0.2, 0.25) is 0 Å².